The van der Waals surface area contributed by atoms with Crippen LogP contribution in [0.25, 0.3) is 0 Å². The maximum atomic E-state index is 12.2. The molecule has 3 N–H and O–H groups in total. The van der Waals surface area contributed by atoms with Crippen LogP contribution in [0.4, 0.5) is 11.4 Å². The largest absolute Gasteiger partial charge is 0.396 e. The summed E-state index contributed by atoms with van der Waals surface area (Å²) in [6, 6.07) is 7.45. The second-order valence-electron chi connectivity index (χ2n) is 4.24. The second-order valence-corrected chi connectivity index (χ2v) is 4.24. The third kappa shape index (κ3) is 2.48. The number of carbonyl (C=O) groups excluding carboxylic acids is 1. The van der Waals surface area contributed by atoms with Gasteiger partial charge in [-0.05, 0) is 31.5 Å². The molecule has 92 valence electrons. The smallest absolute Gasteiger partial charge is 0.255 e. The lowest BCUT2D eigenvalue weighted by Gasteiger charge is -2.10. The highest BCUT2D eigenvalue weighted by atomic mass is 16.1. The number of nitrogen functional groups attached to an aromatic ring is 1. The quantitative estimate of drug-likeness (QED) is 0.849. The van der Waals surface area contributed by atoms with Crippen molar-refractivity contribution in [3.05, 3.63) is 53.3 Å². The van der Waals surface area contributed by atoms with Gasteiger partial charge in [0.25, 0.3) is 5.91 Å². The van der Waals surface area contributed by atoms with E-state index < -0.39 is 0 Å². The fourth-order valence-electron chi connectivity index (χ4n) is 1.69. The summed E-state index contributed by atoms with van der Waals surface area (Å²) in [7, 11) is 0. The summed E-state index contributed by atoms with van der Waals surface area (Å²) in [6.07, 6.45) is 3.10. The molecule has 0 radical (unpaired) electrons. The number of nitrogens with one attached hydrogen (secondary N) is 1. The van der Waals surface area contributed by atoms with E-state index in [9.17, 15) is 4.79 Å². The predicted octanol–water partition coefficient (Wildman–Crippen LogP) is 2.53. The summed E-state index contributed by atoms with van der Waals surface area (Å²) in [5, 5.41) is 2.79. The molecule has 0 fully saturated rings. The van der Waals surface area contributed by atoms with Crippen LogP contribution in [0.1, 0.15) is 21.5 Å². The Bertz CT molecular complexity index is 593. The first-order valence-electron chi connectivity index (χ1n) is 5.66. The van der Waals surface area contributed by atoms with E-state index in [1.54, 1.807) is 12.3 Å². The summed E-state index contributed by atoms with van der Waals surface area (Å²) in [4.78, 5) is 16.0. The standard InChI is InChI=1S/C14H15N3O/c1-9-3-4-10(2)11(7-9)14(18)17-13-5-6-16-8-12(13)15/h3-8H,15H2,1-2H3,(H,16,17,18). The average molecular weight is 241 g/mol. The van der Waals surface area contributed by atoms with E-state index in [1.807, 2.05) is 32.0 Å². The Morgan fingerprint density at radius 2 is 2.06 bits per heavy atom. The van der Waals surface area contributed by atoms with E-state index in [2.05, 4.69) is 10.3 Å². The third-order valence-corrected chi connectivity index (χ3v) is 2.74. The lowest BCUT2D eigenvalue weighted by molar-refractivity contribution is 0.102. The molecule has 0 saturated heterocycles. The number of benzene rings is 1. The van der Waals surface area contributed by atoms with Crippen molar-refractivity contribution in [3.63, 3.8) is 0 Å². The van der Waals surface area contributed by atoms with Crippen LogP contribution in [-0.2, 0) is 0 Å². The molecule has 2 aromatic rings. The van der Waals surface area contributed by atoms with E-state index >= 15 is 0 Å². The van der Waals surface area contributed by atoms with Gasteiger partial charge in [0.15, 0.2) is 0 Å². The number of aromatic nitrogens is 1. The Kier molecular flexibility index (Phi) is 3.28. The average Bonchev–Trinajstić information content (AvgIpc) is 2.35. The Morgan fingerprint density at radius 1 is 1.28 bits per heavy atom. The molecule has 0 unspecified atom stereocenters. The maximum Gasteiger partial charge on any atom is 0.255 e. The van der Waals surface area contributed by atoms with E-state index in [0.29, 0.717) is 16.9 Å². The van der Waals surface area contributed by atoms with Crippen molar-refractivity contribution in [2.24, 2.45) is 0 Å². The van der Waals surface area contributed by atoms with Gasteiger partial charge >= 0.3 is 0 Å². The first-order chi connectivity index (χ1) is 8.58. The number of amides is 1. The molecule has 1 heterocycles. The molecule has 0 aliphatic rings. The molecule has 1 aromatic heterocycles. The van der Waals surface area contributed by atoms with Crippen molar-refractivity contribution in [2.75, 3.05) is 11.1 Å². The van der Waals surface area contributed by atoms with Crippen molar-refractivity contribution < 1.29 is 4.79 Å². The van der Waals surface area contributed by atoms with Gasteiger partial charge in [0, 0.05) is 11.8 Å². The van der Waals surface area contributed by atoms with E-state index in [0.717, 1.165) is 11.1 Å². The summed E-state index contributed by atoms with van der Waals surface area (Å²) in [6.45, 7) is 3.86. The van der Waals surface area contributed by atoms with Crippen molar-refractivity contribution in [3.8, 4) is 0 Å². The number of aryl methyl sites for hydroxylation is 2. The summed E-state index contributed by atoms with van der Waals surface area (Å²) in [5.74, 6) is -0.158. The molecule has 1 aromatic carbocycles. The zero-order valence-corrected chi connectivity index (χ0v) is 10.4. The zero-order valence-electron chi connectivity index (χ0n) is 10.4. The Labute approximate surface area is 106 Å². The zero-order chi connectivity index (χ0) is 13.1. The lowest BCUT2D eigenvalue weighted by atomic mass is 10.1. The third-order valence-electron chi connectivity index (χ3n) is 2.74. The maximum absolute atomic E-state index is 12.2. The molecule has 0 saturated carbocycles. The fraction of sp³-hybridized carbons (Fsp3) is 0.143. The topological polar surface area (TPSA) is 68.0 Å². The molecule has 18 heavy (non-hydrogen) atoms. The number of anilines is 2. The van der Waals surface area contributed by atoms with Gasteiger partial charge in [-0.25, -0.2) is 0 Å². The first kappa shape index (κ1) is 12.1. The van der Waals surface area contributed by atoms with Crippen LogP contribution in [0.2, 0.25) is 0 Å². The highest BCUT2D eigenvalue weighted by Crippen LogP contribution is 2.18. The highest BCUT2D eigenvalue weighted by Gasteiger charge is 2.10. The van der Waals surface area contributed by atoms with Gasteiger partial charge in [-0.1, -0.05) is 17.7 Å². The molecule has 0 aliphatic heterocycles. The predicted molar refractivity (Wildman–Crippen MR) is 72.5 cm³/mol. The summed E-state index contributed by atoms with van der Waals surface area (Å²) < 4.78 is 0. The van der Waals surface area contributed by atoms with Crippen LogP contribution in [-0.4, -0.2) is 10.9 Å². The van der Waals surface area contributed by atoms with Crippen molar-refractivity contribution >= 4 is 17.3 Å². The van der Waals surface area contributed by atoms with Gasteiger partial charge in [-0.2, -0.15) is 0 Å². The van der Waals surface area contributed by atoms with Gasteiger partial charge in [-0.3, -0.25) is 9.78 Å². The summed E-state index contributed by atoms with van der Waals surface area (Å²) >= 11 is 0. The molecule has 0 atom stereocenters. The molecule has 4 heteroatoms. The molecule has 2 rings (SSSR count). The minimum absolute atomic E-state index is 0.158. The Hall–Kier alpha value is -2.36. The number of carbonyl (C=O) groups is 1. The lowest BCUT2D eigenvalue weighted by Crippen LogP contribution is -2.14. The van der Waals surface area contributed by atoms with Crippen LogP contribution in [0, 0.1) is 13.8 Å². The van der Waals surface area contributed by atoms with Gasteiger partial charge in [0.05, 0.1) is 17.6 Å². The van der Waals surface area contributed by atoms with Gasteiger partial charge in [0.1, 0.15) is 0 Å². The minimum Gasteiger partial charge on any atom is -0.396 e. The molecule has 0 aliphatic carbocycles. The number of pyridine rings is 1. The van der Waals surface area contributed by atoms with Crippen molar-refractivity contribution in [1.29, 1.82) is 0 Å². The van der Waals surface area contributed by atoms with Gasteiger partial charge in [-0.15, -0.1) is 0 Å². The molecular formula is C14H15N3O. The Balaban J connectivity index is 2.28. The minimum atomic E-state index is -0.158. The molecular weight excluding hydrogens is 226 g/mol. The van der Waals surface area contributed by atoms with E-state index in [-0.39, 0.29) is 5.91 Å². The van der Waals surface area contributed by atoms with Crippen LogP contribution < -0.4 is 11.1 Å². The monoisotopic (exact) mass is 241 g/mol. The van der Waals surface area contributed by atoms with Crippen molar-refractivity contribution in [1.82, 2.24) is 4.98 Å². The van der Waals surface area contributed by atoms with E-state index in [1.165, 1.54) is 6.20 Å². The number of hydrogen-bond acceptors (Lipinski definition) is 3. The molecule has 0 spiro atoms. The Morgan fingerprint density at radius 3 is 2.78 bits per heavy atom. The fourth-order valence-corrected chi connectivity index (χ4v) is 1.69. The first-order valence-corrected chi connectivity index (χ1v) is 5.66. The van der Waals surface area contributed by atoms with Gasteiger partial charge in [0.2, 0.25) is 0 Å². The van der Waals surface area contributed by atoms with Crippen molar-refractivity contribution in [2.45, 2.75) is 13.8 Å². The number of nitrogens with zero attached hydrogens (tertiary/aromatic N) is 1. The molecule has 0 bridgehead atoms. The highest BCUT2D eigenvalue weighted by molar-refractivity contribution is 6.06. The van der Waals surface area contributed by atoms with Crippen LogP contribution in [0.15, 0.2) is 36.7 Å². The number of hydrogen-bond donors (Lipinski definition) is 2. The van der Waals surface area contributed by atoms with Crippen LogP contribution in [0.5, 0.6) is 0 Å². The number of rotatable bonds is 2. The molecule has 4 nitrogen and oxygen atoms in total. The SMILES string of the molecule is Cc1ccc(C)c(C(=O)Nc2ccncc2N)c1. The molecule has 1 amide bonds. The van der Waals surface area contributed by atoms with Crippen LogP contribution in [0.3, 0.4) is 0 Å². The number of nitrogens with two attached hydrogens (primary N) is 1. The normalized spacial score (nSPS) is 10.1. The van der Waals surface area contributed by atoms with E-state index in [4.69, 9.17) is 5.73 Å². The second kappa shape index (κ2) is 4.87. The summed E-state index contributed by atoms with van der Waals surface area (Å²) in [5.41, 5.74) is 9.42. The van der Waals surface area contributed by atoms with Crippen LogP contribution >= 0.6 is 0 Å². The van der Waals surface area contributed by atoms with Gasteiger partial charge < -0.3 is 11.1 Å².